The fourth-order valence-electron chi connectivity index (χ4n) is 2.24. The first kappa shape index (κ1) is 15.5. The minimum absolute atomic E-state index is 0.238. The smallest absolute Gasteiger partial charge is 0.408 e. The summed E-state index contributed by atoms with van der Waals surface area (Å²) in [5, 5.41) is 2.76. The highest BCUT2D eigenvalue weighted by atomic mass is 16.6. The third-order valence-electron chi connectivity index (χ3n) is 3.41. The summed E-state index contributed by atoms with van der Waals surface area (Å²) in [5.74, 6) is 0.697. The van der Waals surface area contributed by atoms with E-state index in [4.69, 9.17) is 4.74 Å². The average molecular weight is 289 g/mol. The summed E-state index contributed by atoms with van der Waals surface area (Å²) in [6, 6.07) is 7.80. The van der Waals surface area contributed by atoms with Gasteiger partial charge in [0.1, 0.15) is 11.9 Å². The van der Waals surface area contributed by atoms with Crippen LogP contribution < -0.4 is 5.32 Å². The van der Waals surface area contributed by atoms with Gasteiger partial charge < -0.3 is 14.8 Å². The summed E-state index contributed by atoms with van der Waals surface area (Å²) < 4.78 is 5.24. The molecular formula is C17H23NO3. The number of hydrogen-bond acceptors (Lipinski definition) is 3. The number of alkyl carbamates (subject to hydrolysis) is 1. The molecule has 1 fully saturated rings. The van der Waals surface area contributed by atoms with E-state index in [1.54, 1.807) is 0 Å². The van der Waals surface area contributed by atoms with Crippen LogP contribution in [-0.2, 0) is 9.53 Å². The van der Waals surface area contributed by atoms with Gasteiger partial charge in [0.2, 0.25) is 0 Å². The molecule has 0 spiro atoms. The molecule has 0 aliphatic heterocycles. The number of ether oxygens (including phenoxy) is 1. The Labute approximate surface area is 125 Å². The van der Waals surface area contributed by atoms with E-state index < -0.39 is 11.7 Å². The topological polar surface area (TPSA) is 55.4 Å². The number of rotatable bonds is 5. The molecule has 0 saturated heterocycles. The average Bonchev–Trinajstić information content (AvgIpc) is 3.20. The van der Waals surface area contributed by atoms with Gasteiger partial charge in [-0.3, -0.25) is 0 Å². The highest BCUT2D eigenvalue weighted by Crippen LogP contribution is 2.40. The minimum atomic E-state index is -0.550. The summed E-state index contributed by atoms with van der Waals surface area (Å²) in [4.78, 5) is 22.7. The van der Waals surface area contributed by atoms with Crippen LogP contribution in [0, 0.1) is 0 Å². The van der Waals surface area contributed by atoms with Gasteiger partial charge in [0.15, 0.2) is 0 Å². The molecule has 0 aromatic heterocycles. The molecule has 2 rings (SSSR count). The second-order valence-corrected chi connectivity index (χ2v) is 6.54. The number of carbonyl (C=O) groups is 2. The maximum absolute atomic E-state index is 11.9. The lowest BCUT2D eigenvalue weighted by Crippen LogP contribution is -2.35. The monoisotopic (exact) mass is 289 g/mol. The predicted molar refractivity (Wildman–Crippen MR) is 81.2 cm³/mol. The maximum Gasteiger partial charge on any atom is 0.408 e. The highest BCUT2D eigenvalue weighted by Gasteiger charge is 2.24. The second kappa shape index (κ2) is 6.29. The molecule has 1 N–H and O–H groups in total. The number of amides is 1. The lowest BCUT2D eigenvalue weighted by Gasteiger charge is -2.23. The van der Waals surface area contributed by atoms with Crippen LogP contribution >= 0.6 is 0 Å². The summed E-state index contributed by atoms with van der Waals surface area (Å²) in [7, 11) is 0. The molecule has 4 heteroatoms. The van der Waals surface area contributed by atoms with Gasteiger partial charge in [-0.1, -0.05) is 24.3 Å². The normalized spacial score (nSPS) is 16.1. The van der Waals surface area contributed by atoms with E-state index >= 15 is 0 Å². The summed E-state index contributed by atoms with van der Waals surface area (Å²) in [6.45, 7) is 5.43. The SMILES string of the molecule is CC(C)(C)OC(=O)N[C@H](CC=O)c1ccc(C2CC2)cc1. The van der Waals surface area contributed by atoms with Crippen LogP contribution in [0.15, 0.2) is 24.3 Å². The van der Waals surface area contributed by atoms with Crippen LogP contribution in [0.25, 0.3) is 0 Å². The molecule has 0 heterocycles. The summed E-state index contributed by atoms with van der Waals surface area (Å²) >= 11 is 0. The molecule has 0 radical (unpaired) electrons. The van der Waals surface area contributed by atoms with E-state index in [2.05, 4.69) is 17.4 Å². The zero-order valence-electron chi connectivity index (χ0n) is 12.9. The van der Waals surface area contributed by atoms with Crippen LogP contribution in [-0.4, -0.2) is 18.0 Å². The fourth-order valence-corrected chi connectivity index (χ4v) is 2.24. The van der Waals surface area contributed by atoms with E-state index in [1.807, 2.05) is 32.9 Å². The second-order valence-electron chi connectivity index (χ2n) is 6.54. The van der Waals surface area contributed by atoms with Crippen LogP contribution in [0.3, 0.4) is 0 Å². The van der Waals surface area contributed by atoms with Gasteiger partial charge in [-0.25, -0.2) is 4.79 Å². The lowest BCUT2D eigenvalue weighted by atomic mass is 10.0. The summed E-state index contributed by atoms with van der Waals surface area (Å²) in [5.41, 5.74) is 1.71. The van der Waals surface area contributed by atoms with Crippen molar-refractivity contribution in [2.24, 2.45) is 0 Å². The van der Waals surface area contributed by atoms with Crippen LogP contribution in [0.4, 0.5) is 4.79 Å². The van der Waals surface area contributed by atoms with Crippen LogP contribution in [0.5, 0.6) is 0 Å². The van der Waals surface area contributed by atoms with Gasteiger partial charge in [0, 0.05) is 6.42 Å². The molecule has 21 heavy (non-hydrogen) atoms. The standard InChI is InChI=1S/C17H23NO3/c1-17(2,3)21-16(20)18-15(10-11-19)14-8-6-13(7-9-14)12-4-5-12/h6-9,11-12,15H,4-5,10H2,1-3H3,(H,18,20)/t15-/m1/s1. The zero-order chi connectivity index (χ0) is 15.5. The first-order valence-electron chi connectivity index (χ1n) is 7.42. The fraction of sp³-hybridized carbons (Fsp3) is 0.529. The third kappa shape index (κ3) is 4.88. The Kier molecular flexibility index (Phi) is 4.66. The van der Waals surface area contributed by atoms with Crippen molar-refractivity contribution in [3.63, 3.8) is 0 Å². The Balaban J connectivity index is 2.03. The Morgan fingerprint density at radius 2 is 1.95 bits per heavy atom. The lowest BCUT2D eigenvalue weighted by molar-refractivity contribution is -0.108. The molecule has 1 aromatic carbocycles. The van der Waals surface area contributed by atoms with Crippen molar-refractivity contribution in [1.29, 1.82) is 0 Å². The molecule has 1 aliphatic carbocycles. The van der Waals surface area contributed by atoms with Crippen LogP contribution in [0.1, 0.15) is 63.1 Å². The molecule has 0 bridgehead atoms. The first-order chi connectivity index (χ1) is 9.89. The van der Waals surface area contributed by atoms with E-state index in [0.29, 0.717) is 5.92 Å². The van der Waals surface area contributed by atoms with E-state index in [9.17, 15) is 9.59 Å². The van der Waals surface area contributed by atoms with Gasteiger partial charge in [-0.15, -0.1) is 0 Å². The number of aldehydes is 1. The largest absolute Gasteiger partial charge is 0.444 e. The van der Waals surface area contributed by atoms with Crippen molar-refractivity contribution in [2.45, 2.75) is 57.6 Å². The van der Waals surface area contributed by atoms with Crippen molar-refractivity contribution in [3.8, 4) is 0 Å². The van der Waals surface area contributed by atoms with E-state index in [0.717, 1.165) is 11.8 Å². The molecule has 1 aromatic rings. The molecule has 1 aliphatic rings. The van der Waals surface area contributed by atoms with Crippen molar-refractivity contribution in [3.05, 3.63) is 35.4 Å². The van der Waals surface area contributed by atoms with Gasteiger partial charge in [0.25, 0.3) is 0 Å². The van der Waals surface area contributed by atoms with Crippen molar-refractivity contribution >= 4 is 12.4 Å². The number of nitrogens with one attached hydrogen (secondary N) is 1. The number of carbonyl (C=O) groups excluding carboxylic acids is 2. The Morgan fingerprint density at radius 3 is 2.43 bits per heavy atom. The zero-order valence-corrected chi connectivity index (χ0v) is 12.9. The molecule has 114 valence electrons. The van der Waals surface area contributed by atoms with Gasteiger partial charge in [0.05, 0.1) is 6.04 Å². The highest BCUT2D eigenvalue weighted by molar-refractivity contribution is 5.69. The number of benzene rings is 1. The van der Waals surface area contributed by atoms with Gasteiger partial charge in [-0.05, 0) is 50.7 Å². The molecular weight excluding hydrogens is 266 g/mol. The molecule has 4 nitrogen and oxygen atoms in total. The minimum Gasteiger partial charge on any atom is -0.444 e. The predicted octanol–water partition coefficient (Wildman–Crippen LogP) is 3.72. The first-order valence-corrected chi connectivity index (χ1v) is 7.42. The quantitative estimate of drug-likeness (QED) is 0.840. The number of hydrogen-bond donors (Lipinski definition) is 1. The van der Waals surface area contributed by atoms with Gasteiger partial charge in [-0.2, -0.15) is 0 Å². The van der Waals surface area contributed by atoms with Crippen LogP contribution in [0.2, 0.25) is 0 Å². The molecule has 0 unspecified atom stereocenters. The van der Waals surface area contributed by atoms with E-state index in [1.165, 1.54) is 18.4 Å². The van der Waals surface area contributed by atoms with Crippen molar-refractivity contribution < 1.29 is 14.3 Å². The summed E-state index contributed by atoms with van der Waals surface area (Å²) in [6.07, 6.45) is 3.07. The Morgan fingerprint density at radius 1 is 1.33 bits per heavy atom. The Hall–Kier alpha value is -1.84. The third-order valence-corrected chi connectivity index (χ3v) is 3.41. The van der Waals surface area contributed by atoms with Crippen molar-refractivity contribution in [1.82, 2.24) is 5.32 Å². The molecule has 1 amide bonds. The maximum atomic E-state index is 11.9. The molecule has 1 saturated carbocycles. The Bertz CT molecular complexity index is 498. The van der Waals surface area contributed by atoms with Gasteiger partial charge >= 0.3 is 6.09 Å². The van der Waals surface area contributed by atoms with Crippen molar-refractivity contribution in [2.75, 3.05) is 0 Å². The van der Waals surface area contributed by atoms with E-state index in [-0.39, 0.29) is 12.5 Å². The molecule has 1 atom stereocenters.